The van der Waals surface area contributed by atoms with Gasteiger partial charge in [-0.2, -0.15) is 0 Å². The van der Waals surface area contributed by atoms with Crippen molar-refractivity contribution in [1.29, 1.82) is 0 Å². The van der Waals surface area contributed by atoms with Crippen molar-refractivity contribution in [2.75, 3.05) is 0 Å². The van der Waals surface area contributed by atoms with Crippen LogP contribution in [0.1, 0.15) is 33.9 Å². The largest absolute Gasteiger partial charge is 0.508 e. The predicted octanol–water partition coefficient (Wildman–Crippen LogP) is 4.32. The van der Waals surface area contributed by atoms with Gasteiger partial charge >= 0.3 is 5.97 Å². The summed E-state index contributed by atoms with van der Waals surface area (Å²) in [7, 11) is 0. The third-order valence-corrected chi connectivity index (χ3v) is 5.52. The molecule has 152 valence electrons. The average molecular weight is 412 g/mol. The molecule has 3 aromatic carbocycles. The smallest absolute Gasteiger partial charge is 0.336 e. The lowest BCUT2D eigenvalue weighted by atomic mass is 9.84. The fraction of sp³-hybridized carbons (Fsp3) is 0.0400. The monoisotopic (exact) mass is 412 g/mol. The van der Waals surface area contributed by atoms with Gasteiger partial charge < -0.3 is 19.7 Å². The molecule has 0 spiro atoms. The van der Waals surface area contributed by atoms with Gasteiger partial charge in [0.25, 0.3) is 0 Å². The van der Waals surface area contributed by atoms with E-state index in [2.05, 4.69) is 0 Å². The maximum absolute atomic E-state index is 13.4. The van der Waals surface area contributed by atoms with Crippen LogP contribution < -0.4 is 5.43 Å². The second-order valence-corrected chi connectivity index (χ2v) is 7.33. The highest BCUT2D eigenvalue weighted by Crippen LogP contribution is 2.45. The molecule has 1 atom stereocenters. The zero-order valence-electron chi connectivity index (χ0n) is 16.1. The molecule has 6 nitrogen and oxygen atoms in total. The molecule has 1 heterocycles. The van der Waals surface area contributed by atoms with Crippen LogP contribution >= 0.6 is 0 Å². The second kappa shape index (κ2) is 6.88. The molecule has 5 rings (SSSR count). The van der Waals surface area contributed by atoms with Crippen molar-refractivity contribution in [2.45, 2.75) is 5.92 Å². The molecule has 1 aliphatic rings. The summed E-state index contributed by atoms with van der Waals surface area (Å²) < 4.78 is 6.12. The Morgan fingerprint density at radius 1 is 0.935 bits per heavy atom. The van der Waals surface area contributed by atoms with Crippen molar-refractivity contribution in [3.63, 3.8) is 0 Å². The summed E-state index contributed by atoms with van der Waals surface area (Å²) in [6.07, 6.45) is 1.30. The average Bonchev–Trinajstić information content (AvgIpc) is 2.90. The minimum absolute atomic E-state index is 0.0644. The number of rotatable bonds is 2. The summed E-state index contributed by atoms with van der Waals surface area (Å²) in [5, 5.41) is 30.8. The van der Waals surface area contributed by atoms with Crippen LogP contribution in [0.3, 0.4) is 0 Å². The number of hydrogen-bond donors (Lipinski definition) is 3. The van der Waals surface area contributed by atoms with Crippen molar-refractivity contribution >= 4 is 28.6 Å². The van der Waals surface area contributed by atoms with Gasteiger partial charge in [-0.05, 0) is 35.4 Å². The normalized spacial score (nSPS) is 15.0. The van der Waals surface area contributed by atoms with Crippen LogP contribution in [0.5, 0.6) is 11.5 Å². The molecule has 0 amide bonds. The lowest BCUT2D eigenvalue weighted by Crippen LogP contribution is -2.13. The van der Waals surface area contributed by atoms with E-state index >= 15 is 0 Å². The molecule has 0 radical (unpaired) electrons. The number of carbonyl (C=O) groups is 1. The van der Waals surface area contributed by atoms with Gasteiger partial charge in [0.05, 0.1) is 22.4 Å². The first kappa shape index (κ1) is 18.7. The van der Waals surface area contributed by atoms with Crippen LogP contribution in [-0.2, 0) is 4.79 Å². The number of aliphatic carboxylic acids is 1. The quantitative estimate of drug-likeness (QED) is 0.452. The molecule has 1 aliphatic carbocycles. The highest BCUT2D eigenvalue weighted by Gasteiger charge is 2.34. The Morgan fingerprint density at radius 3 is 2.45 bits per heavy atom. The van der Waals surface area contributed by atoms with E-state index in [-0.39, 0.29) is 39.4 Å². The second-order valence-electron chi connectivity index (χ2n) is 7.33. The number of fused-ring (bicyclic) bond motifs is 3. The van der Waals surface area contributed by atoms with Crippen molar-refractivity contribution in [2.24, 2.45) is 0 Å². The van der Waals surface area contributed by atoms with E-state index < -0.39 is 17.3 Å². The Kier molecular flexibility index (Phi) is 4.15. The standard InChI is InChI=1S/C25H16O6/c26-14-9-10-16-20(11-14)31-24-18(23(16)28)12-17(25(29)30)15-7-4-8-19(27)22(15)21(24)13-5-2-1-3-6-13/h1-12,21,26-27H,(H,29,30). The third-order valence-electron chi connectivity index (χ3n) is 5.52. The summed E-state index contributed by atoms with van der Waals surface area (Å²) >= 11 is 0. The molecule has 4 aromatic rings. The number of benzene rings is 3. The zero-order valence-corrected chi connectivity index (χ0v) is 16.1. The van der Waals surface area contributed by atoms with E-state index in [4.69, 9.17) is 4.42 Å². The Hall–Kier alpha value is -4.32. The van der Waals surface area contributed by atoms with Crippen LogP contribution in [0.2, 0.25) is 0 Å². The highest BCUT2D eigenvalue weighted by molar-refractivity contribution is 6.22. The molecule has 0 saturated heterocycles. The fourth-order valence-corrected chi connectivity index (χ4v) is 4.15. The van der Waals surface area contributed by atoms with Gasteiger partial charge in [0, 0.05) is 11.6 Å². The number of carboxylic acid groups (broad SMARTS) is 1. The highest BCUT2D eigenvalue weighted by atomic mass is 16.4. The number of carboxylic acids is 1. The summed E-state index contributed by atoms with van der Waals surface area (Å²) in [6.45, 7) is 0. The number of aromatic hydroxyl groups is 2. The maximum Gasteiger partial charge on any atom is 0.336 e. The van der Waals surface area contributed by atoms with E-state index in [0.717, 1.165) is 0 Å². The molecule has 0 aliphatic heterocycles. The van der Waals surface area contributed by atoms with Crippen molar-refractivity contribution in [1.82, 2.24) is 0 Å². The Bertz CT molecular complexity index is 1450. The summed E-state index contributed by atoms with van der Waals surface area (Å²) in [6, 6.07) is 17.9. The molecule has 3 N–H and O–H groups in total. The molecular weight excluding hydrogens is 396 g/mol. The molecule has 1 aromatic heterocycles. The number of phenols is 2. The minimum atomic E-state index is -1.23. The molecule has 0 bridgehead atoms. The molecular formula is C25H16O6. The Labute approximate surface area is 176 Å². The van der Waals surface area contributed by atoms with Crippen LogP contribution in [0.25, 0.3) is 22.6 Å². The first-order valence-electron chi connectivity index (χ1n) is 9.57. The van der Waals surface area contributed by atoms with E-state index in [0.29, 0.717) is 16.7 Å². The third kappa shape index (κ3) is 2.88. The maximum atomic E-state index is 13.4. The zero-order chi connectivity index (χ0) is 21.7. The van der Waals surface area contributed by atoms with Crippen LogP contribution in [0.15, 0.2) is 75.9 Å². The van der Waals surface area contributed by atoms with Crippen LogP contribution in [0, 0.1) is 0 Å². The van der Waals surface area contributed by atoms with E-state index in [1.165, 1.54) is 30.3 Å². The van der Waals surface area contributed by atoms with Crippen molar-refractivity contribution in [3.8, 4) is 11.5 Å². The molecule has 0 fully saturated rings. The summed E-state index contributed by atoms with van der Waals surface area (Å²) in [5.41, 5.74) is 1.10. The molecule has 1 unspecified atom stereocenters. The van der Waals surface area contributed by atoms with Crippen molar-refractivity contribution in [3.05, 3.63) is 105 Å². The van der Waals surface area contributed by atoms with Crippen LogP contribution in [-0.4, -0.2) is 21.3 Å². The van der Waals surface area contributed by atoms with Crippen LogP contribution in [0.4, 0.5) is 0 Å². The molecule has 6 heteroatoms. The van der Waals surface area contributed by atoms with E-state index in [1.54, 1.807) is 12.1 Å². The Balaban J connectivity index is 1.99. The lowest BCUT2D eigenvalue weighted by molar-refractivity contribution is -0.130. The van der Waals surface area contributed by atoms with Gasteiger partial charge in [0.1, 0.15) is 22.8 Å². The van der Waals surface area contributed by atoms with Gasteiger partial charge in [-0.15, -0.1) is 0 Å². The van der Waals surface area contributed by atoms with Gasteiger partial charge in [-0.3, -0.25) is 4.79 Å². The summed E-state index contributed by atoms with van der Waals surface area (Å²) in [5.74, 6) is -1.93. The number of hydrogen-bond acceptors (Lipinski definition) is 5. The molecule has 31 heavy (non-hydrogen) atoms. The van der Waals surface area contributed by atoms with E-state index in [9.17, 15) is 24.9 Å². The predicted molar refractivity (Wildman–Crippen MR) is 115 cm³/mol. The van der Waals surface area contributed by atoms with Gasteiger partial charge in [-0.25, -0.2) is 4.79 Å². The first-order valence-corrected chi connectivity index (χ1v) is 9.57. The van der Waals surface area contributed by atoms with Gasteiger partial charge in [-0.1, -0.05) is 42.5 Å². The summed E-state index contributed by atoms with van der Waals surface area (Å²) in [4.78, 5) is 25.5. The SMILES string of the molecule is O=C(O)C1=Cc2c(oc3cc(O)ccc3c2=O)C(c2ccccc2)c2c(O)cccc21. The topological polar surface area (TPSA) is 108 Å². The van der Waals surface area contributed by atoms with Gasteiger partial charge in [0.2, 0.25) is 0 Å². The van der Waals surface area contributed by atoms with Gasteiger partial charge in [0.15, 0.2) is 5.43 Å². The van der Waals surface area contributed by atoms with Crippen molar-refractivity contribution < 1.29 is 24.5 Å². The Morgan fingerprint density at radius 2 is 1.71 bits per heavy atom. The number of phenolic OH excluding ortho intramolecular Hbond substituents is 2. The van der Waals surface area contributed by atoms with E-state index in [1.807, 2.05) is 30.3 Å². The lowest BCUT2D eigenvalue weighted by Gasteiger charge is -2.21. The molecule has 0 saturated carbocycles. The fourth-order valence-electron chi connectivity index (χ4n) is 4.15. The minimum Gasteiger partial charge on any atom is -0.508 e. The first-order chi connectivity index (χ1) is 15.0.